The Hall–Kier alpha value is -0.910. The lowest BCUT2D eigenvalue weighted by atomic mass is 10.3. The second-order valence-corrected chi connectivity index (χ2v) is 1.96. The Morgan fingerprint density at radius 3 is 2.73 bits per heavy atom. The second kappa shape index (κ2) is 4.07. The molecule has 0 fully saturated rings. The van der Waals surface area contributed by atoms with Crippen LogP contribution in [-0.2, 0) is 14.4 Å². The maximum Gasteiger partial charge on any atom is 0.369 e. The van der Waals surface area contributed by atoms with E-state index in [4.69, 9.17) is 10.4 Å². The molecule has 11 heavy (non-hydrogen) atoms. The van der Waals surface area contributed by atoms with Crippen LogP contribution in [0.2, 0.25) is 0 Å². The Kier molecular flexibility index (Phi) is 3.73. The molecule has 0 aliphatic carbocycles. The van der Waals surface area contributed by atoms with Crippen molar-refractivity contribution in [2.45, 2.75) is 12.7 Å². The summed E-state index contributed by atoms with van der Waals surface area (Å²) in [5.41, 5.74) is 0. The molecule has 0 rings (SSSR count). The first kappa shape index (κ1) is 10.1. The van der Waals surface area contributed by atoms with E-state index in [1.54, 1.807) is 0 Å². The van der Waals surface area contributed by atoms with Crippen molar-refractivity contribution in [1.29, 1.82) is 0 Å². The van der Waals surface area contributed by atoms with Gasteiger partial charge in [-0.2, -0.15) is 4.89 Å². The van der Waals surface area contributed by atoms with Crippen molar-refractivity contribution in [3.8, 4) is 0 Å². The number of carbonyl (C=O) groups is 1. The van der Waals surface area contributed by atoms with Gasteiger partial charge in [0.05, 0.1) is 0 Å². The summed E-state index contributed by atoms with van der Waals surface area (Å²) in [5.74, 6) is -3.37. The zero-order valence-electron chi connectivity index (χ0n) is 6.11. The van der Waals surface area contributed by atoms with Gasteiger partial charge in [0.2, 0.25) is 0 Å². The number of carbonyl (C=O) groups excluding carboxylic acids is 1. The molecule has 1 unspecified atom stereocenters. The molecular formula is C6H10O5. The number of esters is 1. The van der Waals surface area contributed by atoms with E-state index >= 15 is 0 Å². The highest BCUT2D eigenvalue weighted by Crippen LogP contribution is 2.05. The second-order valence-electron chi connectivity index (χ2n) is 1.96. The third kappa shape index (κ3) is 3.13. The van der Waals surface area contributed by atoms with E-state index in [0.29, 0.717) is 0 Å². The van der Waals surface area contributed by atoms with Gasteiger partial charge in [0.1, 0.15) is 6.61 Å². The molecule has 5 heteroatoms. The highest BCUT2D eigenvalue weighted by atomic mass is 17.1. The summed E-state index contributed by atoms with van der Waals surface area (Å²) in [6.45, 7) is 4.19. The predicted molar refractivity (Wildman–Crippen MR) is 35.5 cm³/mol. The average molecular weight is 162 g/mol. The summed E-state index contributed by atoms with van der Waals surface area (Å²) in [4.78, 5) is 14.1. The van der Waals surface area contributed by atoms with Gasteiger partial charge in [0, 0.05) is 6.92 Å². The lowest BCUT2D eigenvalue weighted by Gasteiger charge is -2.15. The minimum absolute atomic E-state index is 0.0433. The molecular weight excluding hydrogens is 152 g/mol. The summed E-state index contributed by atoms with van der Waals surface area (Å²) in [6, 6.07) is 0. The van der Waals surface area contributed by atoms with Crippen LogP contribution in [0, 0.1) is 0 Å². The Balaban J connectivity index is 3.91. The summed E-state index contributed by atoms with van der Waals surface area (Å²) in [6.07, 6.45) is 1.32. The van der Waals surface area contributed by atoms with Crippen molar-refractivity contribution in [2.75, 3.05) is 6.61 Å². The number of rotatable bonds is 4. The standard InChI is InChI=1S/C6H10O5/c1-3-4-10-5(7)6(2,8)11-9/h3,8-9H,1,4H2,2H3. The van der Waals surface area contributed by atoms with E-state index in [1.807, 2.05) is 0 Å². The molecule has 0 aromatic rings. The van der Waals surface area contributed by atoms with Gasteiger partial charge in [-0.15, -0.1) is 0 Å². The third-order valence-corrected chi connectivity index (χ3v) is 0.889. The first-order valence-electron chi connectivity index (χ1n) is 2.87. The molecule has 0 radical (unpaired) electrons. The number of hydrogen-bond acceptors (Lipinski definition) is 5. The number of hydrogen-bond donors (Lipinski definition) is 2. The van der Waals surface area contributed by atoms with Gasteiger partial charge in [-0.3, -0.25) is 0 Å². The highest BCUT2D eigenvalue weighted by Gasteiger charge is 2.33. The third-order valence-electron chi connectivity index (χ3n) is 0.889. The molecule has 2 N–H and O–H groups in total. The molecule has 64 valence electrons. The van der Waals surface area contributed by atoms with Crippen LogP contribution in [0.25, 0.3) is 0 Å². The fraction of sp³-hybridized carbons (Fsp3) is 0.500. The summed E-state index contributed by atoms with van der Waals surface area (Å²) in [5, 5.41) is 16.8. The molecule has 0 aliphatic rings. The maximum absolute atomic E-state index is 10.6. The van der Waals surface area contributed by atoms with Gasteiger partial charge < -0.3 is 9.84 Å². The van der Waals surface area contributed by atoms with Crippen molar-refractivity contribution < 1.29 is 24.8 Å². The van der Waals surface area contributed by atoms with Gasteiger partial charge in [-0.25, -0.2) is 10.1 Å². The van der Waals surface area contributed by atoms with Gasteiger partial charge in [0.15, 0.2) is 0 Å². The zero-order chi connectivity index (χ0) is 8.91. The molecule has 0 aliphatic heterocycles. The van der Waals surface area contributed by atoms with Crippen LogP contribution < -0.4 is 0 Å². The van der Waals surface area contributed by atoms with Gasteiger partial charge in [-0.1, -0.05) is 12.7 Å². The number of ether oxygens (including phenoxy) is 1. The minimum Gasteiger partial charge on any atom is -0.457 e. The molecule has 5 nitrogen and oxygen atoms in total. The monoisotopic (exact) mass is 162 g/mol. The first-order valence-corrected chi connectivity index (χ1v) is 2.87. The van der Waals surface area contributed by atoms with Crippen LogP contribution >= 0.6 is 0 Å². The Bertz CT molecular complexity index is 151. The van der Waals surface area contributed by atoms with E-state index in [0.717, 1.165) is 6.92 Å². The van der Waals surface area contributed by atoms with Crippen LogP contribution in [0.3, 0.4) is 0 Å². The minimum atomic E-state index is -2.30. The van der Waals surface area contributed by atoms with Crippen LogP contribution in [0.5, 0.6) is 0 Å². The quantitative estimate of drug-likeness (QED) is 0.199. The van der Waals surface area contributed by atoms with Gasteiger partial charge >= 0.3 is 5.97 Å². The van der Waals surface area contributed by atoms with Crippen LogP contribution in [0.1, 0.15) is 6.92 Å². The number of aliphatic hydroxyl groups is 1. The normalized spacial score (nSPS) is 15.2. The molecule has 0 aromatic carbocycles. The van der Waals surface area contributed by atoms with Crippen molar-refractivity contribution in [3.05, 3.63) is 12.7 Å². The maximum atomic E-state index is 10.6. The Morgan fingerprint density at radius 1 is 1.82 bits per heavy atom. The molecule has 0 bridgehead atoms. The van der Waals surface area contributed by atoms with Crippen LogP contribution in [0.4, 0.5) is 0 Å². The summed E-state index contributed by atoms with van der Waals surface area (Å²) >= 11 is 0. The smallest absolute Gasteiger partial charge is 0.369 e. The fourth-order valence-electron chi connectivity index (χ4n) is 0.306. The van der Waals surface area contributed by atoms with Crippen molar-refractivity contribution in [1.82, 2.24) is 0 Å². The largest absolute Gasteiger partial charge is 0.457 e. The fourth-order valence-corrected chi connectivity index (χ4v) is 0.306. The zero-order valence-corrected chi connectivity index (χ0v) is 6.11. The SMILES string of the molecule is C=CCOC(=O)C(C)(O)OO. The molecule has 0 aromatic heterocycles. The Labute approximate surface area is 63.8 Å². The van der Waals surface area contributed by atoms with E-state index < -0.39 is 11.8 Å². The van der Waals surface area contributed by atoms with Crippen molar-refractivity contribution in [2.24, 2.45) is 0 Å². The lowest BCUT2D eigenvalue weighted by molar-refractivity contribution is -0.373. The molecule has 0 saturated heterocycles. The van der Waals surface area contributed by atoms with E-state index in [-0.39, 0.29) is 6.61 Å². The van der Waals surface area contributed by atoms with Crippen molar-refractivity contribution >= 4 is 5.97 Å². The predicted octanol–water partition coefficient (Wildman–Crippen LogP) is -0.0863. The molecule has 0 heterocycles. The van der Waals surface area contributed by atoms with E-state index in [9.17, 15) is 4.79 Å². The molecule has 1 atom stereocenters. The van der Waals surface area contributed by atoms with Gasteiger partial charge in [-0.05, 0) is 0 Å². The molecule has 0 saturated carbocycles. The Morgan fingerprint density at radius 2 is 2.36 bits per heavy atom. The highest BCUT2D eigenvalue weighted by molar-refractivity contribution is 5.76. The van der Waals surface area contributed by atoms with Crippen molar-refractivity contribution in [3.63, 3.8) is 0 Å². The van der Waals surface area contributed by atoms with E-state index in [2.05, 4.69) is 16.2 Å². The van der Waals surface area contributed by atoms with Gasteiger partial charge in [0.25, 0.3) is 5.79 Å². The van der Waals surface area contributed by atoms with Crippen LogP contribution in [-0.4, -0.2) is 28.7 Å². The average Bonchev–Trinajstić information content (AvgIpc) is 2.00. The summed E-state index contributed by atoms with van der Waals surface area (Å²) < 4.78 is 4.35. The molecule has 0 spiro atoms. The topological polar surface area (TPSA) is 76.0 Å². The molecule has 0 amide bonds. The summed E-state index contributed by atoms with van der Waals surface area (Å²) in [7, 11) is 0. The first-order chi connectivity index (χ1) is 5.04. The van der Waals surface area contributed by atoms with Crippen LogP contribution in [0.15, 0.2) is 12.7 Å². The van der Waals surface area contributed by atoms with E-state index in [1.165, 1.54) is 6.08 Å². The lowest BCUT2D eigenvalue weighted by Crippen LogP contribution is -2.38.